The van der Waals surface area contributed by atoms with Crippen LogP contribution in [-0.2, 0) is 14.6 Å². The highest BCUT2D eigenvalue weighted by atomic mass is 35.5. The van der Waals surface area contributed by atoms with Gasteiger partial charge in [0.15, 0.2) is 21.6 Å². The first kappa shape index (κ1) is 21.8. The number of para-hydroxylation sites is 1. The monoisotopic (exact) mass is 504 g/mol. The van der Waals surface area contributed by atoms with Crippen molar-refractivity contribution >= 4 is 73.2 Å². The fourth-order valence-electron chi connectivity index (χ4n) is 3.36. The molecule has 0 spiro atoms. The molecule has 0 aliphatic carbocycles. The molecule has 0 unspecified atom stereocenters. The molecule has 158 valence electrons. The third-order valence-electron chi connectivity index (χ3n) is 4.64. The molecule has 11 heteroatoms. The van der Waals surface area contributed by atoms with E-state index in [1.807, 2.05) is 0 Å². The minimum atomic E-state index is -3.20. The molecule has 2 aliphatic heterocycles. The summed E-state index contributed by atoms with van der Waals surface area (Å²) in [5.74, 6) is -0.0692. The number of fused-ring (bicyclic) bond motifs is 1. The average Bonchev–Trinajstić information content (AvgIpc) is 3.13. The van der Waals surface area contributed by atoms with E-state index in [-0.39, 0.29) is 23.4 Å². The number of aliphatic imine (C=N–C) groups is 1. The van der Waals surface area contributed by atoms with Gasteiger partial charge in [-0.1, -0.05) is 52.6 Å². The van der Waals surface area contributed by atoms with E-state index in [1.165, 1.54) is 11.8 Å². The number of benzene rings is 2. The highest BCUT2D eigenvalue weighted by molar-refractivity contribution is 8.16. The Morgan fingerprint density at radius 2 is 1.77 bits per heavy atom. The predicted octanol–water partition coefficient (Wildman–Crippen LogP) is 4.33. The normalized spacial score (nSPS) is 23.6. The lowest BCUT2D eigenvalue weighted by molar-refractivity contribution is -0.119. The number of sulfone groups is 1. The van der Waals surface area contributed by atoms with E-state index in [0.29, 0.717) is 31.7 Å². The first-order valence-corrected chi connectivity index (χ1v) is 12.7. The van der Waals surface area contributed by atoms with Crippen LogP contribution >= 0.6 is 46.6 Å². The van der Waals surface area contributed by atoms with Crippen LogP contribution in [0.5, 0.6) is 5.75 Å². The topological polar surface area (TPSA) is 76.0 Å². The summed E-state index contributed by atoms with van der Waals surface area (Å²) in [6, 6.07) is 11.2. The number of amides is 1. The Hall–Kier alpha value is -1.45. The van der Waals surface area contributed by atoms with Crippen LogP contribution in [-0.4, -0.2) is 48.9 Å². The Balaban J connectivity index is 1.60. The number of hydrogen-bond donors (Lipinski definition) is 0. The predicted molar refractivity (Wildman–Crippen MR) is 122 cm³/mol. The number of rotatable bonds is 4. The molecule has 2 saturated heterocycles. The third kappa shape index (κ3) is 4.57. The van der Waals surface area contributed by atoms with Gasteiger partial charge in [-0.05, 0) is 36.4 Å². The molecule has 2 atom stereocenters. The van der Waals surface area contributed by atoms with Crippen molar-refractivity contribution in [2.45, 2.75) is 11.3 Å². The highest BCUT2D eigenvalue weighted by Crippen LogP contribution is 2.45. The molecule has 0 aromatic heterocycles. The van der Waals surface area contributed by atoms with E-state index in [4.69, 9.17) is 39.5 Å². The van der Waals surface area contributed by atoms with Gasteiger partial charge in [0.25, 0.3) is 5.91 Å². The summed E-state index contributed by atoms with van der Waals surface area (Å²) in [5.41, 5.74) is 0.447. The summed E-state index contributed by atoms with van der Waals surface area (Å²) in [4.78, 5) is 18.3. The van der Waals surface area contributed by atoms with E-state index < -0.39 is 21.8 Å². The first-order chi connectivity index (χ1) is 14.2. The zero-order chi connectivity index (χ0) is 21.5. The maximum Gasteiger partial charge on any atom is 0.285 e. The number of thioether (sulfide) groups is 1. The van der Waals surface area contributed by atoms with Crippen molar-refractivity contribution in [3.05, 3.63) is 57.5 Å². The number of nitrogens with zero attached hydrogens (tertiary/aromatic N) is 2. The first-order valence-electron chi connectivity index (χ1n) is 8.84. The number of carbonyl (C=O) groups is 1. The summed E-state index contributed by atoms with van der Waals surface area (Å²) < 4.78 is 29.8. The molecule has 2 aromatic carbocycles. The number of anilines is 1. The molecule has 2 heterocycles. The zero-order valence-electron chi connectivity index (χ0n) is 15.3. The van der Waals surface area contributed by atoms with Crippen molar-refractivity contribution in [1.82, 2.24) is 0 Å². The summed E-state index contributed by atoms with van der Waals surface area (Å²) in [6.07, 6.45) is 0. The van der Waals surface area contributed by atoms with Gasteiger partial charge < -0.3 is 9.64 Å². The Morgan fingerprint density at radius 1 is 1.10 bits per heavy atom. The summed E-state index contributed by atoms with van der Waals surface area (Å²) in [7, 11) is -3.20. The average molecular weight is 506 g/mol. The Kier molecular flexibility index (Phi) is 6.23. The third-order valence-corrected chi connectivity index (χ3v) is 8.71. The van der Waals surface area contributed by atoms with Crippen molar-refractivity contribution in [3.8, 4) is 5.75 Å². The van der Waals surface area contributed by atoms with E-state index in [1.54, 1.807) is 47.4 Å². The largest absolute Gasteiger partial charge is 0.484 e. The molecule has 6 nitrogen and oxygen atoms in total. The minimum Gasteiger partial charge on any atom is -0.484 e. The van der Waals surface area contributed by atoms with Crippen molar-refractivity contribution in [2.24, 2.45) is 4.99 Å². The van der Waals surface area contributed by atoms with Crippen LogP contribution in [0.4, 0.5) is 5.69 Å². The lowest BCUT2D eigenvalue weighted by Crippen LogP contribution is -2.38. The molecule has 0 radical (unpaired) electrons. The van der Waals surface area contributed by atoms with Crippen LogP contribution in [0.3, 0.4) is 0 Å². The number of amidine groups is 1. The van der Waals surface area contributed by atoms with Gasteiger partial charge in [-0.3, -0.25) is 4.79 Å². The van der Waals surface area contributed by atoms with Gasteiger partial charge in [-0.25, -0.2) is 8.42 Å². The molecular formula is C19H15Cl3N2O4S2. The summed E-state index contributed by atoms with van der Waals surface area (Å²) in [5, 5.41) is 1.37. The minimum absolute atomic E-state index is 0.00932. The smallest absolute Gasteiger partial charge is 0.285 e. The molecule has 2 aromatic rings. The molecule has 2 fully saturated rings. The summed E-state index contributed by atoms with van der Waals surface area (Å²) in [6.45, 7) is -0.274. The maximum absolute atomic E-state index is 12.5. The van der Waals surface area contributed by atoms with Gasteiger partial charge in [0.05, 0.1) is 33.3 Å². The lowest BCUT2D eigenvalue weighted by Gasteiger charge is -2.26. The Labute approximate surface area is 193 Å². The second-order valence-corrected chi connectivity index (χ2v) is 11.4. The maximum atomic E-state index is 12.5. The quantitative estimate of drug-likeness (QED) is 0.616. The Morgan fingerprint density at radius 3 is 2.43 bits per heavy atom. The molecule has 4 rings (SSSR count). The fraction of sp³-hybridized carbons (Fsp3) is 0.263. The Bertz CT molecular complexity index is 1100. The molecule has 2 aliphatic rings. The molecule has 0 bridgehead atoms. The second kappa shape index (κ2) is 8.59. The van der Waals surface area contributed by atoms with Gasteiger partial charge in [-0.15, -0.1) is 0 Å². The van der Waals surface area contributed by atoms with Crippen molar-refractivity contribution < 1.29 is 17.9 Å². The van der Waals surface area contributed by atoms with Crippen molar-refractivity contribution in [1.29, 1.82) is 0 Å². The van der Waals surface area contributed by atoms with E-state index in [0.717, 1.165) is 0 Å². The van der Waals surface area contributed by atoms with Crippen LogP contribution in [0.25, 0.3) is 0 Å². The van der Waals surface area contributed by atoms with Crippen LogP contribution in [0.2, 0.25) is 15.1 Å². The standard InChI is InChI=1S/C19H15Cl3N2O4S2/c20-11-4-6-12(7-5-11)28-8-17(25)23-19-24(18-13(21)2-1-3-14(18)22)15-9-30(26,27)10-16(15)29-19/h1-7,15-16H,8-10H2/t15-,16-/m1/s1. The van der Waals surface area contributed by atoms with Gasteiger partial charge in [0, 0.05) is 10.3 Å². The van der Waals surface area contributed by atoms with Gasteiger partial charge in [0.2, 0.25) is 0 Å². The van der Waals surface area contributed by atoms with Crippen molar-refractivity contribution in [3.63, 3.8) is 0 Å². The van der Waals surface area contributed by atoms with Gasteiger partial charge in [-0.2, -0.15) is 4.99 Å². The lowest BCUT2D eigenvalue weighted by atomic mass is 10.2. The van der Waals surface area contributed by atoms with E-state index >= 15 is 0 Å². The number of halogens is 3. The molecule has 30 heavy (non-hydrogen) atoms. The second-order valence-electron chi connectivity index (χ2n) is 6.77. The highest BCUT2D eigenvalue weighted by Gasteiger charge is 2.50. The molecule has 0 saturated carbocycles. The van der Waals surface area contributed by atoms with Crippen LogP contribution in [0.15, 0.2) is 47.5 Å². The van der Waals surface area contributed by atoms with Crippen LogP contribution in [0.1, 0.15) is 0 Å². The van der Waals surface area contributed by atoms with Gasteiger partial charge >= 0.3 is 0 Å². The fourth-order valence-corrected chi connectivity index (χ4v) is 7.98. The summed E-state index contributed by atoms with van der Waals surface area (Å²) >= 11 is 19.8. The molecule has 0 N–H and O–H groups in total. The van der Waals surface area contributed by atoms with Crippen LogP contribution < -0.4 is 9.64 Å². The van der Waals surface area contributed by atoms with Crippen molar-refractivity contribution in [2.75, 3.05) is 23.0 Å². The van der Waals surface area contributed by atoms with Gasteiger partial charge in [0.1, 0.15) is 5.75 Å². The number of carbonyl (C=O) groups excluding carboxylic acids is 1. The molecule has 1 amide bonds. The number of hydrogen-bond acceptors (Lipinski definition) is 5. The van der Waals surface area contributed by atoms with E-state index in [2.05, 4.69) is 4.99 Å². The SMILES string of the molecule is O=C(COc1ccc(Cl)cc1)N=C1S[C@@H]2CS(=O)(=O)C[C@H]2N1c1c(Cl)cccc1Cl. The zero-order valence-corrected chi connectivity index (χ0v) is 19.2. The molecular weight excluding hydrogens is 491 g/mol. The van der Waals surface area contributed by atoms with Crippen LogP contribution in [0, 0.1) is 0 Å². The number of ether oxygens (including phenoxy) is 1. The van der Waals surface area contributed by atoms with E-state index in [9.17, 15) is 13.2 Å².